The first kappa shape index (κ1) is 10.6. The Morgan fingerprint density at radius 1 is 1.38 bits per heavy atom. The zero-order valence-electron chi connectivity index (χ0n) is 9.42. The van der Waals surface area contributed by atoms with Crippen LogP contribution in [0.1, 0.15) is 22.7 Å². The van der Waals surface area contributed by atoms with Gasteiger partial charge in [0, 0.05) is 45.5 Å². The van der Waals surface area contributed by atoms with E-state index < -0.39 is 0 Å². The Hall–Kier alpha value is -1.91. The van der Waals surface area contributed by atoms with Gasteiger partial charge >= 0.3 is 0 Å². The van der Waals surface area contributed by atoms with Crippen molar-refractivity contribution in [2.45, 2.75) is 12.8 Å². The second kappa shape index (κ2) is 4.30. The van der Waals surface area contributed by atoms with Gasteiger partial charge in [0.1, 0.15) is 11.5 Å². The van der Waals surface area contributed by atoms with Gasteiger partial charge in [-0.1, -0.05) is 0 Å². The number of imidazole rings is 1. The number of hydrogen-bond donors (Lipinski definition) is 0. The maximum Gasteiger partial charge on any atom is 0.181 e. The van der Waals surface area contributed by atoms with Crippen LogP contribution in [0, 0.1) is 0 Å². The molecule has 0 atom stereocenters. The fraction of sp³-hybridized carbons (Fsp3) is 0.364. The molecule has 0 fully saturated rings. The molecule has 2 rings (SSSR count). The summed E-state index contributed by atoms with van der Waals surface area (Å²) >= 11 is 0. The molecule has 0 bridgehead atoms. The number of aryl methyl sites for hydroxylation is 3. The van der Waals surface area contributed by atoms with Crippen molar-refractivity contribution >= 4 is 5.78 Å². The fourth-order valence-electron chi connectivity index (χ4n) is 1.64. The first-order valence-corrected chi connectivity index (χ1v) is 5.16. The summed E-state index contributed by atoms with van der Waals surface area (Å²) in [6.45, 7) is 0. The van der Waals surface area contributed by atoms with Crippen molar-refractivity contribution in [3.05, 3.63) is 36.2 Å². The summed E-state index contributed by atoms with van der Waals surface area (Å²) in [5.41, 5.74) is 0.647. The molecule has 0 radical (unpaired) electrons. The van der Waals surface area contributed by atoms with Crippen LogP contribution in [0.2, 0.25) is 0 Å². The third kappa shape index (κ3) is 2.03. The van der Waals surface area contributed by atoms with Gasteiger partial charge in [-0.05, 0) is 6.07 Å². The predicted molar refractivity (Wildman–Crippen MR) is 59.1 cm³/mol. The number of hydrogen-bond acceptors (Lipinski definition) is 3. The van der Waals surface area contributed by atoms with Crippen LogP contribution in [-0.4, -0.2) is 25.1 Å². The molecule has 0 aliphatic rings. The van der Waals surface area contributed by atoms with Gasteiger partial charge in [-0.15, -0.1) is 0 Å². The molecule has 0 aliphatic heterocycles. The van der Waals surface area contributed by atoms with E-state index in [0.29, 0.717) is 18.5 Å². The van der Waals surface area contributed by atoms with E-state index in [4.69, 9.17) is 0 Å². The van der Waals surface area contributed by atoms with E-state index in [2.05, 4.69) is 10.1 Å². The van der Waals surface area contributed by atoms with Gasteiger partial charge in [0.2, 0.25) is 0 Å². The third-order valence-corrected chi connectivity index (χ3v) is 2.60. The number of carbonyl (C=O) groups excluding carboxylic acids is 1. The van der Waals surface area contributed by atoms with Gasteiger partial charge in [-0.2, -0.15) is 5.10 Å². The van der Waals surface area contributed by atoms with Crippen molar-refractivity contribution in [3.63, 3.8) is 0 Å². The molecular formula is C11H14N4O. The molecule has 5 heteroatoms. The molecule has 0 saturated heterocycles. The van der Waals surface area contributed by atoms with E-state index in [1.54, 1.807) is 30.2 Å². The average molecular weight is 218 g/mol. The number of Topliss-reactive ketones (excluding diaryl/α,β-unsaturated/α-hetero) is 1. The predicted octanol–water partition coefficient (Wildman–Crippen LogP) is 0.969. The lowest BCUT2D eigenvalue weighted by Gasteiger charge is -2.02. The van der Waals surface area contributed by atoms with E-state index in [-0.39, 0.29) is 5.78 Å². The molecule has 0 aliphatic carbocycles. The van der Waals surface area contributed by atoms with E-state index in [0.717, 1.165) is 5.82 Å². The zero-order valence-corrected chi connectivity index (χ0v) is 9.42. The van der Waals surface area contributed by atoms with Crippen LogP contribution >= 0.6 is 0 Å². The highest BCUT2D eigenvalue weighted by Gasteiger charge is 2.11. The molecule has 84 valence electrons. The molecule has 0 spiro atoms. The number of ketones is 1. The molecule has 0 unspecified atom stereocenters. The second-order valence-corrected chi connectivity index (χ2v) is 3.72. The highest BCUT2D eigenvalue weighted by atomic mass is 16.1. The van der Waals surface area contributed by atoms with Gasteiger partial charge in [0.05, 0.1) is 0 Å². The molecule has 5 nitrogen and oxygen atoms in total. The highest BCUT2D eigenvalue weighted by Crippen LogP contribution is 2.05. The maximum atomic E-state index is 11.8. The first-order valence-electron chi connectivity index (χ1n) is 5.16. The number of carbonyl (C=O) groups is 1. The van der Waals surface area contributed by atoms with Crippen LogP contribution in [-0.2, 0) is 20.5 Å². The van der Waals surface area contributed by atoms with Crippen LogP contribution in [0.15, 0.2) is 24.7 Å². The van der Waals surface area contributed by atoms with Crippen LogP contribution in [0.4, 0.5) is 0 Å². The molecule has 16 heavy (non-hydrogen) atoms. The van der Waals surface area contributed by atoms with E-state index in [1.807, 2.05) is 17.8 Å². The van der Waals surface area contributed by atoms with Crippen LogP contribution in [0.25, 0.3) is 0 Å². The SMILES string of the molecule is Cn1ccnc1CCC(=O)c1ccnn1C. The van der Waals surface area contributed by atoms with Gasteiger partial charge in [-0.25, -0.2) is 4.98 Å². The lowest BCUT2D eigenvalue weighted by molar-refractivity contribution is 0.0973. The molecule has 0 N–H and O–H groups in total. The third-order valence-electron chi connectivity index (χ3n) is 2.60. The summed E-state index contributed by atoms with van der Waals surface area (Å²) in [7, 11) is 3.70. The lowest BCUT2D eigenvalue weighted by Crippen LogP contribution is -2.09. The minimum atomic E-state index is 0.100. The van der Waals surface area contributed by atoms with Crippen molar-refractivity contribution in [2.75, 3.05) is 0 Å². The molecule has 0 aromatic carbocycles. The minimum Gasteiger partial charge on any atom is -0.338 e. The molecular weight excluding hydrogens is 204 g/mol. The Balaban J connectivity index is 1.99. The van der Waals surface area contributed by atoms with Crippen molar-refractivity contribution in [1.82, 2.24) is 19.3 Å². The van der Waals surface area contributed by atoms with Gasteiger partial charge in [0.15, 0.2) is 5.78 Å². The van der Waals surface area contributed by atoms with Crippen molar-refractivity contribution in [1.29, 1.82) is 0 Å². The molecule has 2 aromatic heterocycles. The molecule has 2 aromatic rings. The Kier molecular flexibility index (Phi) is 2.85. The highest BCUT2D eigenvalue weighted by molar-refractivity contribution is 5.94. The number of rotatable bonds is 4. The van der Waals surface area contributed by atoms with Crippen molar-refractivity contribution in [2.24, 2.45) is 14.1 Å². The molecule has 0 saturated carbocycles. The Morgan fingerprint density at radius 3 is 2.75 bits per heavy atom. The largest absolute Gasteiger partial charge is 0.338 e. The number of aromatic nitrogens is 4. The smallest absolute Gasteiger partial charge is 0.181 e. The van der Waals surface area contributed by atoms with E-state index in [1.165, 1.54) is 0 Å². The van der Waals surface area contributed by atoms with Crippen LogP contribution < -0.4 is 0 Å². The maximum absolute atomic E-state index is 11.8. The molecule has 0 amide bonds. The summed E-state index contributed by atoms with van der Waals surface area (Å²) in [6.07, 6.45) is 6.37. The summed E-state index contributed by atoms with van der Waals surface area (Å²) in [4.78, 5) is 16.0. The van der Waals surface area contributed by atoms with Crippen molar-refractivity contribution in [3.8, 4) is 0 Å². The van der Waals surface area contributed by atoms with E-state index in [9.17, 15) is 4.79 Å². The lowest BCUT2D eigenvalue weighted by atomic mass is 10.1. The Labute approximate surface area is 93.7 Å². The first-order chi connectivity index (χ1) is 7.68. The van der Waals surface area contributed by atoms with Crippen LogP contribution in [0.5, 0.6) is 0 Å². The Bertz CT molecular complexity index is 498. The summed E-state index contributed by atoms with van der Waals surface area (Å²) in [6, 6.07) is 1.74. The second-order valence-electron chi connectivity index (χ2n) is 3.72. The van der Waals surface area contributed by atoms with Crippen molar-refractivity contribution < 1.29 is 4.79 Å². The summed E-state index contributed by atoms with van der Waals surface area (Å²) < 4.78 is 3.53. The minimum absolute atomic E-state index is 0.100. The van der Waals surface area contributed by atoms with Gasteiger partial charge in [-0.3, -0.25) is 9.48 Å². The van der Waals surface area contributed by atoms with Gasteiger partial charge < -0.3 is 4.57 Å². The fourth-order valence-corrected chi connectivity index (χ4v) is 1.64. The average Bonchev–Trinajstić information content (AvgIpc) is 2.84. The topological polar surface area (TPSA) is 52.7 Å². The zero-order chi connectivity index (χ0) is 11.5. The normalized spacial score (nSPS) is 10.6. The van der Waals surface area contributed by atoms with Crippen LogP contribution in [0.3, 0.4) is 0 Å². The summed E-state index contributed by atoms with van der Waals surface area (Å²) in [5.74, 6) is 1.03. The summed E-state index contributed by atoms with van der Waals surface area (Å²) in [5, 5.41) is 3.98. The van der Waals surface area contributed by atoms with Gasteiger partial charge in [0.25, 0.3) is 0 Å². The molecule has 2 heterocycles. The standard InChI is InChI=1S/C11H14N4O/c1-14-8-7-12-11(14)4-3-10(16)9-5-6-13-15(9)2/h5-8H,3-4H2,1-2H3. The monoisotopic (exact) mass is 218 g/mol. The van der Waals surface area contributed by atoms with E-state index >= 15 is 0 Å². The Morgan fingerprint density at radius 2 is 2.19 bits per heavy atom. The quantitative estimate of drug-likeness (QED) is 0.718. The number of nitrogens with zero attached hydrogens (tertiary/aromatic N) is 4.